The molecule has 1 fully saturated rings. The van der Waals surface area contributed by atoms with E-state index in [4.69, 9.17) is 0 Å². The normalized spacial score (nSPS) is 20.2. The van der Waals surface area contributed by atoms with Crippen LogP contribution in [-0.4, -0.2) is 28.8 Å². The van der Waals surface area contributed by atoms with Crippen LogP contribution in [-0.2, 0) is 23.2 Å². The number of hydrogen-bond donors (Lipinski definition) is 2. The van der Waals surface area contributed by atoms with Gasteiger partial charge >= 0.3 is 0 Å². The first-order valence-electron chi connectivity index (χ1n) is 9.82. The summed E-state index contributed by atoms with van der Waals surface area (Å²) < 4.78 is 1.85. The van der Waals surface area contributed by atoms with Crippen LogP contribution < -0.4 is 10.6 Å². The molecule has 2 heterocycles. The van der Waals surface area contributed by atoms with Gasteiger partial charge in [0, 0.05) is 12.4 Å². The second kappa shape index (κ2) is 7.23. The number of hydrogen-bond acceptors (Lipinski definition) is 3. The molecule has 1 atom stereocenters. The summed E-state index contributed by atoms with van der Waals surface area (Å²) in [4.78, 5) is 13.3. The molecule has 1 unspecified atom stereocenters. The van der Waals surface area contributed by atoms with Gasteiger partial charge in [0.05, 0.1) is 6.04 Å². The summed E-state index contributed by atoms with van der Waals surface area (Å²) in [5.41, 5.74) is 3.55. The molecule has 26 heavy (non-hydrogen) atoms. The highest BCUT2D eigenvalue weighted by molar-refractivity contribution is 5.85. The van der Waals surface area contributed by atoms with Gasteiger partial charge in [-0.1, -0.05) is 18.2 Å². The van der Waals surface area contributed by atoms with Crippen molar-refractivity contribution >= 4 is 5.91 Å². The number of nitrogens with one attached hydrogen (secondary N) is 2. The lowest BCUT2D eigenvalue weighted by Crippen LogP contribution is -2.55. The lowest BCUT2D eigenvalue weighted by Gasteiger charge is -2.37. The fourth-order valence-corrected chi connectivity index (χ4v) is 4.36. The van der Waals surface area contributed by atoms with Gasteiger partial charge in [0.15, 0.2) is 0 Å². The fraction of sp³-hybridized carbons (Fsp3) is 0.524. The van der Waals surface area contributed by atoms with Crippen LogP contribution in [0.25, 0.3) is 0 Å². The van der Waals surface area contributed by atoms with Gasteiger partial charge in [-0.05, 0) is 81.3 Å². The van der Waals surface area contributed by atoms with E-state index in [1.165, 1.54) is 36.0 Å². The van der Waals surface area contributed by atoms with Gasteiger partial charge in [-0.25, -0.2) is 0 Å². The van der Waals surface area contributed by atoms with Crippen LogP contribution in [0.5, 0.6) is 0 Å². The number of aromatic nitrogens is 2. The highest BCUT2D eigenvalue weighted by Crippen LogP contribution is 2.29. The molecule has 0 spiro atoms. The summed E-state index contributed by atoms with van der Waals surface area (Å²) >= 11 is 0. The Morgan fingerprint density at radius 3 is 2.73 bits per heavy atom. The molecule has 1 aliphatic heterocycles. The van der Waals surface area contributed by atoms with Gasteiger partial charge in [-0.3, -0.25) is 9.48 Å². The molecule has 0 radical (unpaired) electrons. The molecule has 2 N–H and O–H groups in total. The fourth-order valence-electron chi connectivity index (χ4n) is 4.36. The first kappa shape index (κ1) is 17.3. The Morgan fingerprint density at radius 2 is 2.00 bits per heavy atom. The van der Waals surface area contributed by atoms with Crippen LogP contribution >= 0.6 is 0 Å². The number of rotatable bonds is 4. The van der Waals surface area contributed by atoms with E-state index < -0.39 is 5.54 Å². The monoisotopic (exact) mass is 352 g/mol. The molecule has 1 aliphatic carbocycles. The molecule has 2 aromatic rings. The second-order valence-electron chi connectivity index (χ2n) is 7.66. The average molecular weight is 352 g/mol. The summed E-state index contributed by atoms with van der Waals surface area (Å²) in [6, 6.07) is 8.61. The van der Waals surface area contributed by atoms with E-state index >= 15 is 0 Å². The third-order valence-electron chi connectivity index (χ3n) is 6.02. The number of nitrogens with zero attached hydrogens (tertiary/aromatic N) is 2. The van der Waals surface area contributed by atoms with Crippen molar-refractivity contribution < 1.29 is 4.79 Å². The zero-order valence-corrected chi connectivity index (χ0v) is 15.5. The van der Waals surface area contributed by atoms with Gasteiger partial charge in [0.25, 0.3) is 0 Å². The Bertz CT molecular complexity index is 762. The Hall–Kier alpha value is -2.14. The SMILES string of the molecule is CC(NC(=O)C1(n2cccn2)CCNCC1)c1ccc2c(c1)CCCC2. The maximum absolute atomic E-state index is 13.3. The van der Waals surface area contributed by atoms with E-state index in [0.29, 0.717) is 0 Å². The summed E-state index contributed by atoms with van der Waals surface area (Å²) in [5.74, 6) is 0.0768. The zero-order chi connectivity index (χ0) is 18.0. The molecule has 1 aromatic carbocycles. The van der Waals surface area contributed by atoms with Crippen molar-refractivity contribution in [1.82, 2.24) is 20.4 Å². The van der Waals surface area contributed by atoms with Crippen LogP contribution in [0.15, 0.2) is 36.7 Å². The lowest BCUT2D eigenvalue weighted by atomic mass is 9.86. The Morgan fingerprint density at radius 1 is 1.23 bits per heavy atom. The predicted molar refractivity (Wildman–Crippen MR) is 102 cm³/mol. The van der Waals surface area contributed by atoms with Crippen LogP contribution in [0, 0.1) is 0 Å². The summed E-state index contributed by atoms with van der Waals surface area (Å²) in [5, 5.41) is 11.0. The molecule has 2 aliphatic rings. The Kier molecular flexibility index (Phi) is 4.81. The van der Waals surface area contributed by atoms with Gasteiger partial charge < -0.3 is 10.6 Å². The minimum absolute atomic E-state index is 0.00273. The zero-order valence-electron chi connectivity index (χ0n) is 15.5. The van der Waals surface area contributed by atoms with Gasteiger partial charge in [-0.2, -0.15) is 5.10 Å². The van der Waals surface area contributed by atoms with Crippen LogP contribution in [0.2, 0.25) is 0 Å². The molecule has 0 bridgehead atoms. The van der Waals surface area contributed by atoms with Crippen molar-refractivity contribution in [1.29, 1.82) is 0 Å². The predicted octanol–water partition coefficient (Wildman–Crippen LogP) is 2.72. The number of benzene rings is 1. The number of amides is 1. The molecular weight excluding hydrogens is 324 g/mol. The van der Waals surface area contributed by atoms with Gasteiger partial charge in [0.2, 0.25) is 5.91 Å². The number of carbonyl (C=O) groups is 1. The molecule has 138 valence electrons. The highest BCUT2D eigenvalue weighted by Gasteiger charge is 2.42. The first-order chi connectivity index (χ1) is 12.7. The maximum Gasteiger partial charge on any atom is 0.248 e. The lowest BCUT2D eigenvalue weighted by molar-refractivity contribution is -0.132. The molecule has 5 nitrogen and oxygen atoms in total. The second-order valence-corrected chi connectivity index (χ2v) is 7.66. The Balaban J connectivity index is 1.54. The minimum Gasteiger partial charge on any atom is -0.347 e. The Labute approximate surface area is 155 Å². The van der Waals surface area contributed by atoms with Crippen LogP contribution in [0.3, 0.4) is 0 Å². The van der Waals surface area contributed by atoms with E-state index in [2.05, 4.69) is 40.9 Å². The summed E-state index contributed by atoms with van der Waals surface area (Å²) in [7, 11) is 0. The van der Waals surface area contributed by atoms with Crippen molar-refractivity contribution in [2.24, 2.45) is 0 Å². The van der Waals surface area contributed by atoms with Crippen LogP contribution in [0.4, 0.5) is 0 Å². The van der Waals surface area contributed by atoms with Crippen molar-refractivity contribution in [3.05, 3.63) is 53.3 Å². The van der Waals surface area contributed by atoms with Crippen LogP contribution in [0.1, 0.15) is 55.3 Å². The molecule has 0 saturated carbocycles. The largest absolute Gasteiger partial charge is 0.347 e. The number of fused-ring (bicyclic) bond motifs is 1. The highest BCUT2D eigenvalue weighted by atomic mass is 16.2. The van der Waals surface area contributed by atoms with Gasteiger partial charge in [-0.15, -0.1) is 0 Å². The molecule has 1 saturated heterocycles. The molecular formula is C21H28N4O. The van der Waals surface area contributed by atoms with Gasteiger partial charge in [0.1, 0.15) is 5.54 Å². The summed E-state index contributed by atoms with van der Waals surface area (Å²) in [6.07, 6.45) is 10.1. The van der Waals surface area contributed by atoms with Crippen molar-refractivity contribution in [2.75, 3.05) is 13.1 Å². The smallest absolute Gasteiger partial charge is 0.248 e. The molecule has 1 aromatic heterocycles. The van der Waals surface area contributed by atoms with E-state index in [1.54, 1.807) is 6.20 Å². The van der Waals surface area contributed by atoms with E-state index in [9.17, 15) is 4.79 Å². The van der Waals surface area contributed by atoms with E-state index in [0.717, 1.165) is 32.4 Å². The third kappa shape index (κ3) is 3.16. The molecule has 1 amide bonds. The number of carbonyl (C=O) groups excluding carboxylic acids is 1. The third-order valence-corrected chi connectivity index (χ3v) is 6.02. The minimum atomic E-state index is -0.586. The average Bonchev–Trinajstić information content (AvgIpc) is 3.23. The number of aryl methyl sites for hydroxylation is 2. The number of piperidine rings is 1. The topological polar surface area (TPSA) is 59.0 Å². The van der Waals surface area contributed by atoms with E-state index in [1.807, 2.05) is 16.9 Å². The maximum atomic E-state index is 13.3. The van der Waals surface area contributed by atoms with E-state index in [-0.39, 0.29) is 11.9 Å². The van der Waals surface area contributed by atoms with Crippen molar-refractivity contribution in [3.8, 4) is 0 Å². The first-order valence-corrected chi connectivity index (χ1v) is 9.82. The molecule has 4 rings (SSSR count). The quantitative estimate of drug-likeness (QED) is 0.889. The molecule has 5 heteroatoms. The standard InChI is InChI=1S/C21H28N4O/c1-16(18-8-7-17-5-2-3-6-19(17)15-18)24-20(26)21(9-12-22-13-10-21)25-14-4-11-23-25/h4,7-8,11,14-16,22H,2-3,5-6,9-10,12-13H2,1H3,(H,24,26). The van der Waals surface area contributed by atoms with Crippen molar-refractivity contribution in [3.63, 3.8) is 0 Å². The van der Waals surface area contributed by atoms with Crippen molar-refractivity contribution in [2.45, 2.75) is 57.0 Å². The summed E-state index contributed by atoms with van der Waals surface area (Å²) in [6.45, 7) is 3.75.